The van der Waals surface area contributed by atoms with Gasteiger partial charge in [-0.3, -0.25) is 0 Å². The van der Waals surface area contributed by atoms with Crippen LogP contribution in [0.2, 0.25) is 0 Å². The van der Waals surface area contributed by atoms with Crippen molar-refractivity contribution < 1.29 is 4.74 Å². The maximum absolute atomic E-state index is 4.99. The molecule has 0 saturated heterocycles. The zero-order chi connectivity index (χ0) is 14.5. The van der Waals surface area contributed by atoms with Crippen molar-refractivity contribution in [3.8, 4) is 0 Å². The van der Waals surface area contributed by atoms with Crippen LogP contribution >= 0.6 is 0 Å². The highest BCUT2D eigenvalue weighted by Gasteiger charge is 2.11. The van der Waals surface area contributed by atoms with Crippen LogP contribution in [0.15, 0.2) is 24.5 Å². The molecule has 1 heterocycles. The van der Waals surface area contributed by atoms with E-state index in [0.29, 0.717) is 13.2 Å². The van der Waals surface area contributed by atoms with E-state index in [1.54, 1.807) is 13.4 Å². The minimum Gasteiger partial charge on any atom is -0.383 e. The molecule has 0 radical (unpaired) electrons. The van der Waals surface area contributed by atoms with E-state index in [1.807, 2.05) is 4.68 Å². The molecular weight excluding hydrogens is 264 g/mol. The van der Waals surface area contributed by atoms with E-state index in [9.17, 15) is 0 Å². The Morgan fingerprint density at radius 3 is 3.10 bits per heavy atom. The van der Waals surface area contributed by atoms with Crippen LogP contribution in [0.3, 0.4) is 0 Å². The minimum absolute atomic E-state index is 0.681. The van der Waals surface area contributed by atoms with Gasteiger partial charge in [0.05, 0.1) is 19.7 Å². The highest BCUT2D eigenvalue weighted by atomic mass is 16.5. The maximum Gasteiger partial charge on any atom is 0.164 e. The molecule has 0 saturated carbocycles. The average molecular weight is 286 g/mol. The first-order valence-corrected chi connectivity index (χ1v) is 7.54. The van der Waals surface area contributed by atoms with Crippen LogP contribution in [0.25, 0.3) is 0 Å². The van der Waals surface area contributed by atoms with E-state index < -0.39 is 0 Å². The molecular formula is C16H22N4O. The Balaban J connectivity index is 1.57. The van der Waals surface area contributed by atoms with E-state index in [2.05, 4.69) is 33.6 Å². The van der Waals surface area contributed by atoms with E-state index in [4.69, 9.17) is 4.74 Å². The van der Waals surface area contributed by atoms with Gasteiger partial charge in [0.2, 0.25) is 0 Å². The zero-order valence-electron chi connectivity index (χ0n) is 12.5. The summed E-state index contributed by atoms with van der Waals surface area (Å²) in [6.45, 7) is 2.99. The molecule has 0 unspecified atom stereocenters. The molecule has 0 aliphatic heterocycles. The summed E-state index contributed by atoms with van der Waals surface area (Å²) in [5.41, 5.74) is 4.33. The van der Waals surface area contributed by atoms with Crippen molar-refractivity contribution in [2.75, 3.05) is 20.3 Å². The molecule has 2 aromatic rings. The molecule has 112 valence electrons. The van der Waals surface area contributed by atoms with Gasteiger partial charge in [0.15, 0.2) is 5.82 Å². The first-order valence-electron chi connectivity index (χ1n) is 7.54. The van der Waals surface area contributed by atoms with Gasteiger partial charge in [-0.05, 0) is 36.0 Å². The molecule has 1 aromatic carbocycles. The quantitative estimate of drug-likeness (QED) is 0.785. The molecule has 1 aliphatic rings. The van der Waals surface area contributed by atoms with Crippen LogP contribution in [0.5, 0.6) is 0 Å². The molecule has 0 atom stereocenters. The second kappa shape index (κ2) is 6.83. The molecule has 1 aromatic heterocycles. The standard InChI is InChI=1S/C16H22N4O/c1-21-8-7-17-10-16-18-12-20(19-16)11-13-5-6-14-3-2-4-15(14)9-13/h5-6,9,12,17H,2-4,7-8,10-11H2,1H3. The lowest BCUT2D eigenvalue weighted by Gasteiger charge is -2.05. The van der Waals surface area contributed by atoms with Gasteiger partial charge in [0, 0.05) is 13.7 Å². The number of nitrogens with zero attached hydrogens (tertiary/aromatic N) is 3. The van der Waals surface area contributed by atoms with Crippen LogP contribution < -0.4 is 5.32 Å². The highest BCUT2D eigenvalue weighted by Crippen LogP contribution is 2.23. The summed E-state index contributed by atoms with van der Waals surface area (Å²) in [6, 6.07) is 6.80. The third kappa shape index (κ3) is 3.68. The number of fused-ring (bicyclic) bond motifs is 1. The van der Waals surface area contributed by atoms with Crippen molar-refractivity contribution in [3.05, 3.63) is 47.0 Å². The fraction of sp³-hybridized carbons (Fsp3) is 0.500. The highest BCUT2D eigenvalue weighted by molar-refractivity contribution is 5.35. The van der Waals surface area contributed by atoms with E-state index in [0.717, 1.165) is 18.9 Å². The predicted molar refractivity (Wildman–Crippen MR) is 81.2 cm³/mol. The second-order valence-corrected chi connectivity index (χ2v) is 5.48. The van der Waals surface area contributed by atoms with E-state index in [-0.39, 0.29) is 0 Å². The number of benzene rings is 1. The molecule has 1 aliphatic carbocycles. The van der Waals surface area contributed by atoms with Crippen LogP contribution in [0.1, 0.15) is 28.9 Å². The predicted octanol–water partition coefficient (Wildman–Crippen LogP) is 1.55. The molecule has 5 nitrogen and oxygen atoms in total. The number of methoxy groups -OCH3 is 1. The fourth-order valence-electron chi connectivity index (χ4n) is 2.78. The fourth-order valence-corrected chi connectivity index (χ4v) is 2.78. The van der Waals surface area contributed by atoms with Crippen molar-refractivity contribution in [1.29, 1.82) is 0 Å². The lowest BCUT2D eigenvalue weighted by Crippen LogP contribution is -2.19. The number of hydrogen-bond donors (Lipinski definition) is 1. The van der Waals surface area contributed by atoms with Gasteiger partial charge in [-0.1, -0.05) is 18.2 Å². The molecule has 0 amide bonds. The van der Waals surface area contributed by atoms with Crippen molar-refractivity contribution in [2.24, 2.45) is 0 Å². The summed E-state index contributed by atoms with van der Waals surface area (Å²) >= 11 is 0. The molecule has 3 rings (SSSR count). The number of nitrogens with one attached hydrogen (secondary N) is 1. The Labute approximate surface area is 125 Å². The van der Waals surface area contributed by atoms with Gasteiger partial charge in [0.1, 0.15) is 6.33 Å². The third-order valence-corrected chi connectivity index (χ3v) is 3.86. The number of rotatable bonds is 7. The number of aryl methyl sites for hydroxylation is 2. The molecule has 5 heteroatoms. The van der Waals surface area contributed by atoms with Gasteiger partial charge < -0.3 is 10.1 Å². The van der Waals surface area contributed by atoms with Crippen molar-refractivity contribution in [3.63, 3.8) is 0 Å². The summed E-state index contributed by atoms with van der Waals surface area (Å²) in [7, 11) is 1.70. The SMILES string of the molecule is COCCNCc1ncn(Cc2ccc3c(c2)CCC3)n1. The smallest absolute Gasteiger partial charge is 0.164 e. The maximum atomic E-state index is 4.99. The van der Waals surface area contributed by atoms with Gasteiger partial charge in [-0.15, -0.1) is 0 Å². The van der Waals surface area contributed by atoms with Crippen molar-refractivity contribution in [1.82, 2.24) is 20.1 Å². The lowest BCUT2D eigenvalue weighted by molar-refractivity contribution is 0.199. The van der Waals surface area contributed by atoms with E-state index >= 15 is 0 Å². The molecule has 0 bridgehead atoms. The van der Waals surface area contributed by atoms with E-state index in [1.165, 1.54) is 36.0 Å². The molecule has 21 heavy (non-hydrogen) atoms. The van der Waals surface area contributed by atoms with Crippen LogP contribution in [-0.2, 0) is 30.7 Å². The topological polar surface area (TPSA) is 52.0 Å². The number of ether oxygens (including phenoxy) is 1. The van der Waals surface area contributed by atoms with Crippen molar-refractivity contribution >= 4 is 0 Å². The Kier molecular flexibility index (Phi) is 4.62. The first-order chi connectivity index (χ1) is 10.3. The van der Waals surface area contributed by atoms with Gasteiger partial charge in [-0.2, -0.15) is 5.10 Å². The monoisotopic (exact) mass is 286 g/mol. The van der Waals surface area contributed by atoms with Crippen molar-refractivity contribution in [2.45, 2.75) is 32.4 Å². The number of aromatic nitrogens is 3. The molecule has 1 N–H and O–H groups in total. The first kappa shape index (κ1) is 14.2. The summed E-state index contributed by atoms with van der Waals surface area (Å²) < 4.78 is 6.90. The normalized spacial score (nSPS) is 13.6. The Bertz CT molecular complexity index is 594. The molecule has 0 spiro atoms. The summed E-state index contributed by atoms with van der Waals surface area (Å²) in [5.74, 6) is 0.826. The minimum atomic E-state index is 0.681. The van der Waals surface area contributed by atoms with Crippen LogP contribution in [-0.4, -0.2) is 35.0 Å². The van der Waals surface area contributed by atoms with Gasteiger partial charge in [-0.25, -0.2) is 9.67 Å². The molecule has 0 fully saturated rings. The Morgan fingerprint density at radius 1 is 1.29 bits per heavy atom. The summed E-state index contributed by atoms with van der Waals surface area (Å²) in [5, 5.41) is 7.75. The summed E-state index contributed by atoms with van der Waals surface area (Å²) in [6.07, 6.45) is 5.55. The number of hydrogen-bond acceptors (Lipinski definition) is 4. The van der Waals surface area contributed by atoms with Crippen LogP contribution in [0.4, 0.5) is 0 Å². The summed E-state index contributed by atoms with van der Waals surface area (Å²) in [4.78, 5) is 4.33. The average Bonchev–Trinajstić information content (AvgIpc) is 3.12. The Morgan fingerprint density at radius 2 is 2.19 bits per heavy atom. The van der Waals surface area contributed by atoms with Crippen LogP contribution in [0, 0.1) is 0 Å². The van der Waals surface area contributed by atoms with Gasteiger partial charge >= 0.3 is 0 Å². The Hall–Kier alpha value is -1.72. The van der Waals surface area contributed by atoms with Gasteiger partial charge in [0.25, 0.3) is 0 Å². The zero-order valence-corrected chi connectivity index (χ0v) is 12.5. The lowest BCUT2D eigenvalue weighted by atomic mass is 10.1. The largest absolute Gasteiger partial charge is 0.383 e. The third-order valence-electron chi connectivity index (χ3n) is 3.86. The second-order valence-electron chi connectivity index (χ2n) is 5.48.